The molecule has 1 atom stereocenters. The zero-order chi connectivity index (χ0) is 18.5. The lowest BCUT2D eigenvalue weighted by Crippen LogP contribution is -2.45. The third kappa shape index (κ3) is 4.50. The molecule has 0 bridgehead atoms. The van der Waals surface area contributed by atoms with Gasteiger partial charge in [-0.2, -0.15) is 4.98 Å². The highest BCUT2D eigenvalue weighted by molar-refractivity contribution is 5.28. The van der Waals surface area contributed by atoms with Crippen LogP contribution in [-0.4, -0.2) is 39.7 Å². The van der Waals surface area contributed by atoms with Gasteiger partial charge in [0.1, 0.15) is 5.75 Å². The molecule has 140 valence electrons. The van der Waals surface area contributed by atoms with Crippen LogP contribution >= 0.6 is 0 Å². The fourth-order valence-corrected chi connectivity index (χ4v) is 3.32. The second-order valence-corrected chi connectivity index (χ2v) is 6.63. The maximum Gasteiger partial charge on any atom is 0.223 e. The molecule has 0 spiro atoms. The summed E-state index contributed by atoms with van der Waals surface area (Å²) in [5.74, 6) is 1.90. The van der Waals surface area contributed by atoms with Crippen molar-refractivity contribution >= 4 is 0 Å². The molecule has 1 unspecified atom stereocenters. The average Bonchev–Trinajstić information content (AvgIpc) is 3.14. The number of pyridine rings is 1. The lowest BCUT2D eigenvalue weighted by Gasteiger charge is -2.36. The molecule has 0 radical (unpaired) electrons. The number of benzene rings is 1. The fraction of sp³-hybridized carbons (Fsp3) is 0.350. The molecule has 1 aliphatic rings. The van der Waals surface area contributed by atoms with Crippen LogP contribution in [0.4, 0.5) is 0 Å². The molecule has 1 aromatic carbocycles. The molecule has 27 heavy (non-hydrogen) atoms. The molecule has 0 amide bonds. The van der Waals surface area contributed by atoms with Crippen molar-refractivity contribution in [2.75, 3.05) is 19.6 Å². The van der Waals surface area contributed by atoms with Crippen LogP contribution in [0.3, 0.4) is 0 Å². The average molecular weight is 365 g/mol. The Bertz CT molecular complexity index is 850. The summed E-state index contributed by atoms with van der Waals surface area (Å²) in [5.41, 5.74) is 2.56. The summed E-state index contributed by atoms with van der Waals surface area (Å²) < 4.78 is 10.7. The van der Waals surface area contributed by atoms with Crippen LogP contribution in [-0.2, 0) is 13.2 Å². The van der Waals surface area contributed by atoms with Crippen LogP contribution < -0.4 is 10.1 Å². The van der Waals surface area contributed by atoms with Crippen LogP contribution in [0.5, 0.6) is 5.75 Å². The Morgan fingerprint density at radius 2 is 2.00 bits per heavy atom. The molecule has 1 saturated heterocycles. The molecular weight excluding hydrogens is 342 g/mol. The molecule has 3 aromatic rings. The van der Waals surface area contributed by atoms with Gasteiger partial charge >= 0.3 is 0 Å². The van der Waals surface area contributed by atoms with Gasteiger partial charge in [0.05, 0.1) is 0 Å². The van der Waals surface area contributed by atoms with Crippen molar-refractivity contribution in [1.29, 1.82) is 0 Å². The second-order valence-electron chi connectivity index (χ2n) is 6.63. The predicted octanol–water partition coefficient (Wildman–Crippen LogP) is 2.50. The second kappa shape index (κ2) is 8.28. The van der Waals surface area contributed by atoms with Crippen LogP contribution in [0.25, 0.3) is 0 Å². The maximum absolute atomic E-state index is 5.73. The Labute approximate surface area is 158 Å². The van der Waals surface area contributed by atoms with E-state index >= 15 is 0 Å². The van der Waals surface area contributed by atoms with Crippen LogP contribution in [0.2, 0.25) is 0 Å². The topological polar surface area (TPSA) is 76.3 Å². The Morgan fingerprint density at radius 1 is 1.19 bits per heavy atom. The Balaban J connectivity index is 1.38. The quantitative estimate of drug-likeness (QED) is 0.719. The number of piperazine rings is 1. The van der Waals surface area contributed by atoms with Crippen LogP contribution in [0.15, 0.2) is 53.3 Å². The molecule has 3 heterocycles. The van der Waals surface area contributed by atoms with Gasteiger partial charge in [0.25, 0.3) is 0 Å². The predicted molar refractivity (Wildman–Crippen MR) is 100 cm³/mol. The first-order valence-electron chi connectivity index (χ1n) is 9.13. The SMILES string of the molecule is Cc1nc(COc2ccc(CN3CCNCC3c3ccncc3)cc2)no1. The van der Waals surface area contributed by atoms with Crippen molar-refractivity contribution in [2.24, 2.45) is 0 Å². The van der Waals surface area contributed by atoms with E-state index in [1.807, 2.05) is 24.5 Å². The Morgan fingerprint density at radius 3 is 2.74 bits per heavy atom. The van der Waals surface area contributed by atoms with E-state index in [4.69, 9.17) is 9.26 Å². The number of rotatable bonds is 6. The van der Waals surface area contributed by atoms with Gasteiger partial charge in [-0.25, -0.2) is 0 Å². The van der Waals surface area contributed by atoms with Crippen molar-refractivity contribution < 1.29 is 9.26 Å². The largest absolute Gasteiger partial charge is 0.485 e. The molecular formula is C20H23N5O2. The lowest BCUT2D eigenvalue weighted by atomic mass is 10.0. The van der Waals surface area contributed by atoms with Gasteiger partial charge < -0.3 is 14.6 Å². The molecule has 1 N–H and O–H groups in total. The first kappa shape index (κ1) is 17.6. The monoisotopic (exact) mass is 365 g/mol. The summed E-state index contributed by atoms with van der Waals surface area (Å²) in [4.78, 5) is 10.8. The van der Waals surface area contributed by atoms with Gasteiger partial charge in [0.2, 0.25) is 11.7 Å². The first-order chi connectivity index (χ1) is 13.3. The van der Waals surface area contributed by atoms with Crippen molar-refractivity contribution in [3.05, 3.63) is 71.6 Å². The summed E-state index contributed by atoms with van der Waals surface area (Å²) in [7, 11) is 0. The number of hydrogen-bond acceptors (Lipinski definition) is 7. The van der Waals surface area contributed by atoms with E-state index < -0.39 is 0 Å². The van der Waals surface area contributed by atoms with Gasteiger partial charge in [-0.1, -0.05) is 17.3 Å². The molecule has 7 heteroatoms. The Kier molecular flexibility index (Phi) is 5.41. The minimum atomic E-state index is 0.304. The highest BCUT2D eigenvalue weighted by Crippen LogP contribution is 2.24. The zero-order valence-corrected chi connectivity index (χ0v) is 15.3. The van der Waals surface area contributed by atoms with Gasteiger partial charge in [0, 0.05) is 51.5 Å². The lowest BCUT2D eigenvalue weighted by molar-refractivity contribution is 0.153. The number of aromatic nitrogens is 3. The fourth-order valence-electron chi connectivity index (χ4n) is 3.32. The molecule has 0 saturated carbocycles. The standard InChI is InChI=1S/C20H23N5O2/c1-15-23-20(24-27-15)14-26-18-4-2-16(3-5-18)13-25-11-10-22-12-19(25)17-6-8-21-9-7-17/h2-9,19,22H,10-14H2,1H3. The smallest absolute Gasteiger partial charge is 0.223 e. The summed E-state index contributed by atoms with van der Waals surface area (Å²) in [5, 5.41) is 7.33. The normalized spacial score (nSPS) is 17.7. The highest BCUT2D eigenvalue weighted by atomic mass is 16.5. The summed E-state index contributed by atoms with van der Waals surface area (Å²) in [6.07, 6.45) is 3.72. The maximum atomic E-state index is 5.73. The van der Waals surface area contributed by atoms with Crippen molar-refractivity contribution in [2.45, 2.75) is 26.1 Å². The van der Waals surface area contributed by atoms with Gasteiger partial charge in [-0.15, -0.1) is 0 Å². The number of nitrogens with one attached hydrogen (secondary N) is 1. The Hall–Kier alpha value is -2.77. The summed E-state index contributed by atoms with van der Waals surface area (Å²) in [6.45, 7) is 5.95. The molecule has 2 aromatic heterocycles. The third-order valence-corrected chi connectivity index (χ3v) is 4.69. The molecule has 0 aliphatic carbocycles. The minimum Gasteiger partial charge on any atom is -0.485 e. The molecule has 1 fully saturated rings. The molecule has 1 aliphatic heterocycles. The van der Waals surface area contributed by atoms with E-state index in [2.05, 4.69) is 49.6 Å². The van der Waals surface area contributed by atoms with Crippen LogP contribution in [0, 0.1) is 6.92 Å². The van der Waals surface area contributed by atoms with Crippen molar-refractivity contribution in [3.8, 4) is 5.75 Å². The zero-order valence-electron chi connectivity index (χ0n) is 15.3. The van der Waals surface area contributed by atoms with E-state index in [-0.39, 0.29) is 0 Å². The summed E-state index contributed by atoms with van der Waals surface area (Å²) >= 11 is 0. The number of nitrogens with zero attached hydrogens (tertiary/aromatic N) is 4. The third-order valence-electron chi connectivity index (χ3n) is 4.69. The van der Waals surface area contributed by atoms with E-state index in [9.17, 15) is 0 Å². The van der Waals surface area contributed by atoms with E-state index in [0.29, 0.717) is 24.4 Å². The van der Waals surface area contributed by atoms with E-state index in [1.165, 1.54) is 11.1 Å². The number of hydrogen-bond donors (Lipinski definition) is 1. The molecule has 4 rings (SSSR count). The van der Waals surface area contributed by atoms with Gasteiger partial charge in [-0.3, -0.25) is 9.88 Å². The minimum absolute atomic E-state index is 0.304. The first-order valence-corrected chi connectivity index (χ1v) is 9.13. The number of aryl methyl sites for hydroxylation is 1. The number of ether oxygens (including phenoxy) is 1. The van der Waals surface area contributed by atoms with Gasteiger partial charge in [0.15, 0.2) is 6.61 Å². The van der Waals surface area contributed by atoms with Crippen LogP contribution in [0.1, 0.15) is 28.9 Å². The highest BCUT2D eigenvalue weighted by Gasteiger charge is 2.23. The van der Waals surface area contributed by atoms with E-state index in [0.717, 1.165) is 31.9 Å². The van der Waals surface area contributed by atoms with Crippen molar-refractivity contribution in [3.63, 3.8) is 0 Å². The summed E-state index contributed by atoms with van der Waals surface area (Å²) in [6, 6.07) is 12.8. The van der Waals surface area contributed by atoms with E-state index in [1.54, 1.807) is 6.92 Å². The van der Waals surface area contributed by atoms with Crippen molar-refractivity contribution in [1.82, 2.24) is 25.3 Å². The molecule has 7 nitrogen and oxygen atoms in total. The van der Waals surface area contributed by atoms with Gasteiger partial charge in [-0.05, 0) is 35.4 Å².